The average Bonchev–Trinajstić information content (AvgIpc) is 2.59. The number of halogens is 9. The fraction of sp³-hybridized carbons (Fsp3) is 0.200. The third-order valence-corrected chi connectivity index (χ3v) is 4.55. The van der Waals surface area contributed by atoms with Crippen molar-refractivity contribution in [3.05, 3.63) is 53.3 Å². The van der Waals surface area contributed by atoms with Gasteiger partial charge in [0, 0.05) is 11.9 Å². The molecule has 170 valence electrons. The lowest BCUT2D eigenvalue weighted by molar-refractivity contribution is -0.138. The molecule has 2 N–H and O–H groups in total. The van der Waals surface area contributed by atoms with Crippen molar-refractivity contribution in [3.63, 3.8) is 0 Å². The summed E-state index contributed by atoms with van der Waals surface area (Å²) in [7, 11) is -6.23. The van der Waals surface area contributed by atoms with Gasteiger partial charge in [-0.2, -0.15) is 47.9 Å². The fourth-order valence-electron chi connectivity index (χ4n) is 2.01. The van der Waals surface area contributed by atoms with Crippen LogP contribution in [0.25, 0.3) is 0 Å². The Morgan fingerprint density at radius 1 is 0.839 bits per heavy atom. The molecule has 0 radical (unpaired) electrons. The van der Waals surface area contributed by atoms with Crippen LogP contribution in [0.1, 0.15) is 21.6 Å². The molecule has 16 heteroatoms. The lowest BCUT2D eigenvalue weighted by Gasteiger charge is -2.16. The van der Waals surface area contributed by atoms with Crippen LogP contribution < -0.4 is 10.0 Å². The zero-order chi connectivity index (χ0) is 23.8. The molecule has 0 fully saturated rings. The van der Waals surface area contributed by atoms with Gasteiger partial charge in [-0.25, -0.2) is 4.98 Å². The summed E-state index contributed by atoms with van der Waals surface area (Å²) in [5.41, 5.74) is -11.7. The van der Waals surface area contributed by atoms with E-state index in [-0.39, 0.29) is 18.0 Å². The quantitative estimate of drug-likeness (QED) is 0.624. The SMILES string of the molecule is O=C(Nc1ccc(C(F)(F)F)cc1)c1ncc(C(F)(F)F)cc1NS(=O)(=O)C(F)(F)F. The number of amides is 1. The van der Waals surface area contributed by atoms with E-state index in [9.17, 15) is 52.7 Å². The standard InChI is InChI=1S/C15H8F9N3O3S/c16-13(17,18)7-1-3-9(4-2-7)26-12(28)11-10(27-31(29,30)15(22,23)24)5-8(6-25-11)14(19,20)21/h1-6,27H,(H,26,28). The van der Waals surface area contributed by atoms with Crippen LogP contribution in [0.5, 0.6) is 0 Å². The van der Waals surface area contributed by atoms with Gasteiger partial charge in [-0.1, -0.05) is 0 Å². The number of sulfonamides is 1. The second kappa shape index (κ2) is 7.90. The molecule has 0 aliphatic rings. The summed E-state index contributed by atoms with van der Waals surface area (Å²) in [6.07, 6.45) is -9.79. The molecule has 0 saturated heterocycles. The number of hydrogen-bond acceptors (Lipinski definition) is 4. The van der Waals surface area contributed by atoms with E-state index in [1.807, 2.05) is 5.32 Å². The normalized spacial score (nSPS) is 13.1. The molecule has 2 aromatic rings. The first-order valence-electron chi connectivity index (χ1n) is 7.57. The Balaban J connectivity index is 2.43. The molecule has 6 nitrogen and oxygen atoms in total. The minimum absolute atomic E-state index is 0.0626. The van der Waals surface area contributed by atoms with Crippen LogP contribution in [0.15, 0.2) is 36.5 Å². The van der Waals surface area contributed by atoms with Crippen LogP contribution in [0.3, 0.4) is 0 Å². The van der Waals surface area contributed by atoms with E-state index < -0.39 is 56.3 Å². The maximum absolute atomic E-state index is 12.8. The third-order valence-electron chi connectivity index (χ3n) is 3.45. The molecule has 0 aliphatic heterocycles. The van der Waals surface area contributed by atoms with E-state index in [0.717, 1.165) is 16.9 Å². The Kier molecular flexibility index (Phi) is 6.17. The summed E-state index contributed by atoms with van der Waals surface area (Å²) in [6.45, 7) is 0. The molecular weight excluding hydrogens is 473 g/mol. The molecule has 0 spiro atoms. The number of carbonyl (C=O) groups is 1. The molecule has 0 saturated carbocycles. The highest BCUT2D eigenvalue weighted by Gasteiger charge is 2.47. The Hall–Kier alpha value is -3.04. The van der Waals surface area contributed by atoms with Crippen LogP contribution in [0.4, 0.5) is 50.9 Å². The highest BCUT2D eigenvalue weighted by molar-refractivity contribution is 7.93. The highest BCUT2D eigenvalue weighted by atomic mass is 32.2. The van der Waals surface area contributed by atoms with Gasteiger partial charge >= 0.3 is 27.9 Å². The molecule has 1 amide bonds. The topological polar surface area (TPSA) is 88.2 Å². The number of alkyl halides is 9. The lowest BCUT2D eigenvalue weighted by atomic mass is 10.2. The summed E-state index contributed by atoms with van der Waals surface area (Å²) in [5.74, 6) is -1.49. The maximum Gasteiger partial charge on any atom is 0.516 e. The van der Waals surface area contributed by atoms with Crippen molar-refractivity contribution in [2.75, 3.05) is 10.0 Å². The van der Waals surface area contributed by atoms with Crippen molar-refractivity contribution in [2.24, 2.45) is 0 Å². The van der Waals surface area contributed by atoms with Crippen LogP contribution in [-0.4, -0.2) is 24.8 Å². The predicted octanol–water partition coefficient (Wildman–Crippen LogP) is 4.63. The molecule has 0 bridgehead atoms. The summed E-state index contributed by atoms with van der Waals surface area (Å²) >= 11 is 0. The molecule has 1 aromatic heterocycles. The number of aromatic nitrogens is 1. The van der Waals surface area contributed by atoms with Gasteiger partial charge in [-0.05, 0) is 30.3 Å². The van der Waals surface area contributed by atoms with E-state index in [1.54, 1.807) is 0 Å². The van der Waals surface area contributed by atoms with Gasteiger partial charge < -0.3 is 5.32 Å². The van der Waals surface area contributed by atoms with Gasteiger partial charge in [0.05, 0.1) is 16.8 Å². The molecule has 0 unspecified atom stereocenters. The first-order valence-corrected chi connectivity index (χ1v) is 9.05. The smallest absolute Gasteiger partial charge is 0.321 e. The van der Waals surface area contributed by atoms with Crippen molar-refractivity contribution < 1.29 is 52.7 Å². The summed E-state index contributed by atoms with van der Waals surface area (Å²) < 4.78 is 137. The number of pyridine rings is 1. The van der Waals surface area contributed by atoms with E-state index in [2.05, 4.69) is 4.98 Å². The van der Waals surface area contributed by atoms with Gasteiger partial charge in [0.15, 0.2) is 5.69 Å². The predicted molar refractivity (Wildman–Crippen MR) is 87.2 cm³/mol. The van der Waals surface area contributed by atoms with Gasteiger partial charge in [-0.3, -0.25) is 9.52 Å². The van der Waals surface area contributed by atoms with Crippen molar-refractivity contribution in [1.82, 2.24) is 4.98 Å². The first kappa shape index (κ1) is 24.2. The van der Waals surface area contributed by atoms with E-state index in [0.29, 0.717) is 12.1 Å². The van der Waals surface area contributed by atoms with Crippen LogP contribution in [0.2, 0.25) is 0 Å². The molecule has 0 aliphatic carbocycles. The van der Waals surface area contributed by atoms with Crippen molar-refractivity contribution in [1.29, 1.82) is 0 Å². The second-order valence-corrected chi connectivity index (χ2v) is 7.37. The maximum atomic E-state index is 12.8. The summed E-state index contributed by atoms with van der Waals surface area (Å²) in [5, 5.41) is 1.89. The number of rotatable bonds is 4. The highest BCUT2D eigenvalue weighted by Crippen LogP contribution is 2.34. The van der Waals surface area contributed by atoms with Crippen molar-refractivity contribution >= 4 is 27.3 Å². The number of nitrogens with one attached hydrogen (secondary N) is 2. The Morgan fingerprint density at radius 3 is 1.81 bits per heavy atom. The third kappa shape index (κ3) is 5.77. The monoisotopic (exact) mass is 481 g/mol. The minimum Gasteiger partial charge on any atom is -0.321 e. The van der Waals surface area contributed by atoms with E-state index in [4.69, 9.17) is 0 Å². The lowest BCUT2D eigenvalue weighted by Crippen LogP contribution is -2.31. The average molecular weight is 481 g/mol. The van der Waals surface area contributed by atoms with Gasteiger partial charge in [-0.15, -0.1) is 0 Å². The van der Waals surface area contributed by atoms with Crippen LogP contribution >= 0.6 is 0 Å². The Bertz CT molecular complexity index is 1080. The number of carbonyl (C=O) groups excluding carboxylic acids is 1. The first-order chi connectivity index (χ1) is 13.9. The van der Waals surface area contributed by atoms with Crippen LogP contribution in [0, 0.1) is 0 Å². The fourth-order valence-corrected chi connectivity index (χ4v) is 2.57. The second-order valence-electron chi connectivity index (χ2n) is 5.70. The zero-order valence-electron chi connectivity index (χ0n) is 14.4. The number of benzene rings is 1. The Labute approximate surface area is 167 Å². The van der Waals surface area contributed by atoms with Crippen molar-refractivity contribution in [2.45, 2.75) is 17.9 Å². The molecule has 1 heterocycles. The molecule has 2 rings (SSSR count). The van der Waals surface area contributed by atoms with Crippen molar-refractivity contribution in [3.8, 4) is 0 Å². The summed E-state index contributed by atoms with van der Waals surface area (Å²) in [4.78, 5) is 15.3. The zero-order valence-corrected chi connectivity index (χ0v) is 15.3. The number of nitrogens with zero attached hydrogens (tertiary/aromatic N) is 1. The van der Waals surface area contributed by atoms with Gasteiger partial charge in [0.25, 0.3) is 5.91 Å². The summed E-state index contributed by atoms with van der Waals surface area (Å²) in [6, 6.07) is 2.51. The molecular formula is C15H8F9N3O3S. The largest absolute Gasteiger partial charge is 0.516 e. The number of hydrogen-bond donors (Lipinski definition) is 2. The molecule has 31 heavy (non-hydrogen) atoms. The van der Waals surface area contributed by atoms with E-state index in [1.165, 1.54) is 0 Å². The number of anilines is 2. The van der Waals surface area contributed by atoms with E-state index >= 15 is 0 Å². The minimum atomic E-state index is -6.23. The molecule has 1 aromatic carbocycles. The Morgan fingerprint density at radius 2 is 1.35 bits per heavy atom. The van der Waals surface area contributed by atoms with Gasteiger partial charge in [0.2, 0.25) is 0 Å². The van der Waals surface area contributed by atoms with Crippen LogP contribution in [-0.2, 0) is 22.4 Å². The molecule has 0 atom stereocenters. The van der Waals surface area contributed by atoms with Gasteiger partial charge in [0.1, 0.15) is 0 Å².